The first-order chi connectivity index (χ1) is 9.77. The number of halogens is 2. The summed E-state index contributed by atoms with van der Waals surface area (Å²) in [5.74, 6) is -2.12. The summed E-state index contributed by atoms with van der Waals surface area (Å²) < 4.78 is 53.2. The second kappa shape index (κ2) is 7.70. The highest BCUT2D eigenvalue weighted by Gasteiger charge is 2.23. The summed E-state index contributed by atoms with van der Waals surface area (Å²) in [6.45, 7) is 3.81. The molecule has 1 aromatic carbocycles. The number of sulfonamides is 1. The highest BCUT2D eigenvalue weighted by molar-refractivity contribution is 7.89. The Morgan fingerprint density at radius 3 is 2.48 bits per heavy atom. The van der Waals surface area contributed by atoms with Gasteiger partial charge in [0.25, 0.3) is 0 Å². The zero-order chi connectivity index (χ0) is 16.0. The van der Waals surface area contributed by atoms with Crippen LogP contribution in [0.5, 0.6) is 0 Å². The van der Waals surface area contributed by atoms with E-state index >= 15 is 0 Å². The lowest BCUT2D eigenvalue weighted by Crippen LogP contribution is -2.33. The maximum absolute atomic E-state index is 13.6. The van der Waals surface area contributed by atoms with E-state index in [0.717, 1.165) is 31.7 Å². The Bertz CT molecular complexity index is 577. The molecule has 1 atom stereocenters. The molecule has 0 saturated heterocycles. The first kappa shape index (κ1) is 17.8. The van der Waals surface area contributed by atoms with Crippen molar-refractivity contribution in [1.29, 1.82) is 0 Å². The lowest BCUT2D eigenvalue weighted by atomic mass is 10.1. The highest BCUT2D eigenvalue weighted by Crippen LogP contribution is 2.21. The normalized spacial score (nSPS) is 13.3. The van der Waals surface area contributed by atoms with E-state index in [4.69, 9.17) is 5.73 Å². The summed E-state index contributed by atoms with van der Waals surface area (Å²) in [7, 11) is -4.04. The SMILES string of the molecule is CCCCCCC(C)NS(=O)(=O)c1cc(N)c(F)cc1F. The minimum atomic E-state index is -4.04. The summed E-state index contributed by atoms with van der Waals surface area (Å²) in [6, 6.07) is 0.963. The second-order valence-electron chi connectivity index (χ2n) is 5.18. The van der Waals surface area contributed by atoms with Crippen LogP contribution in [0.4, 0.5) is 14.5 Å². The molecule has 21 heavy (non-hydrogen) atoms. The van der Waals surface area contributed by atoms with Gasteiger partial charge < -0.3 is 5.73 Å². The van der Waals surface area contributed by atoms with Gasteiger partial charge in [0.2, 0.25) is 10.0 Å². The van der Waals surface area contributed by atoms with Crippen molar-refractivity contribution in [2.24, 2.45) is 0 Å². The monoisotopic (exact) mass is 320 g/mol. The number of hydrogen-bond acceptors (Lipinski definition) is 3. The minimum Gasteiger partial charge on any atom is -0.396 e. The smallest absolute Gasteiger partial charge is 0.243 e. The molecule has 0 fully saturated rings. The lowest BCUT2D eigenvalue weighted by molar-refractivity contribution is 0.512. The maximum Gasteiger partial charge on any atom is 0.243 e. The first-order valence-electron chi connectivity index (χ1n) is 7.04. The molecule has 0 aliphatic carbocycles. The van der Waals surface area contributed by atoms with Crippen molar-refractivity contribution in [2.45, 2.75) is 56.9 Å². The summed E-state index contributed by atoms with van der Waals surface area (Å²) in [5.41, 5.74) is 4.90. The molecule has 0 aliphatic heterocycles. The van der Waals surface area contributed by atoms with E-state index in [1.54, 1.807) is 6.92 Å². The molecule has 0 amide bonds. The average Bonchev–Trinajstić information content (AvgIpc) is 2.38. The molecule has 1 aromatic rings. The Balaban J connectivity index is 2.75. The van der Waals surface area contributed by atoms with Crippen LogP contribution in [0.15, 0.2) is 17.0 Å². The van der Waals surface area contributed by atoms with E-state index in [-0.39, 0.29) is 6.04 Å². The largest absolute Gasteiger partial charge is 0.396 e. The zero-order valence-corrected chi connectivity index (χ0v) is 13.1. The van der Waals surface area contributed by atoms with Crippen LogP contribution in [0.1, 0.15) is 46.0 Å². The lowest BCUT2D eigenvalue weighted by Gasteiger charge is -2.15. The molecule has 1 unspecified atom stereocenters. The van der Waals surface area contributed by atoms with Crippen molar-refractivity contribution in [3.63, 3.8) is 0 Å². The van der Waals surface area contributed by atoms with Crippen molar-refractivity contribution in [1.82, 2.24) is 4.72 Å². The minimum absolute atomic E-state index is 0.322. The Morgan fingerprint density at radius 2 is 1.86 bits per heavy atom. The highest BCUT2D eigenvalue weighted by atomic mass is 32.2. The third-order valence-corrected chi connectivity index (χ3v) is 4.79. The van der Waals surface area contributed by atoms with Crippen LogP contribution in [0.2, 0.25) is 0 Å². The number of nitrogens with one attached hydrogen (secondary N) is 1. The molecule has 120 valence electrons. The number of anilines is 1. The van der Waals surface area contributed by atoms with Crippen molar-refractivity contribution < 1.29 is 17.2 Å². The van der Waals surface area contributed by atoms with Crippen molar-refractivity contribution in [3.05, 3.63) is 23.8 Å². The Morgan fingerprint density at radius 1 is 1.19 bits per heavy atom. The van der Waals surface area contributed by atoms with Gasteiger partial charge in [0.05, 0.1) is 5.69 Å². The van der Waals surface area contributed by atoms with Crippen LogP contribution in [0.3, 0.4) is 0 Å². The zero-order valence-electron chi connectivity index (χ0n) is 12.3. The molecule has 0 radical (unpaired) electrons. The number of nitrogen functional groups attached to an aromatic ring is 1. The Hall–Kier alpha value is -1.21. The van der Waals surface area contributed by atoms with Gasteiger partial charge in [-0.1, -0.05) is 32.6 Å². The van der Waals surface area contributed by atoms with Gasteiger partial charge in [-0.3, -0.25) is 0 Å². The molecule has 0 saturated carbocycles. The molecule has 1 rings (SSSR count). The fraction of sp³-hybridized carbons (Fsp3) is 0.571. The summed E-state index contributed by atoms with van der Waals surface area (Å²) in [4.78, 5) is -0.623. The van der Waals surface area contributed by atoms with Gasteiger partial charge in [-0.2, -0.15) is 0 Å². The van der Waals surface area contributed by atoms with E-state index in [0.29, 0.717) is 12.5 Å². The molecule has 7 heteroatoms. The molecule has 3 N–H and O–H groups in total. The number of rotatable bonds is 8. The molecular weight excluding hydrogens is 298 g/mol. The average molecular weight is 320 g/mol. The van der Waals surface area contributed by atoms with Gasteiger partial charge in [0, 0.05) is 12.1 Å². The van der Waals surface area contributed by atoms with Gasteiger partial charge in [0.1, 0.15) is 16.5 Å². The summed E-state index contributed by atoms with van der Waals surface area (Å²) in [5, 5.41) is 0. The predicted octanol–water partition coefficient (Wildman–Crippen LogP) is 3.18. The Kier molecular flexibility index (Phi) is 6.54. The van der Waals surface area contributed by atoms with Crippen LogP contribution in [0, 0.1) is 11.6 Å². The topological polar surface area (TPSA) is 72.2 Å². The Labute approximate surface area is 124 Å². The molecule has 0 spiro atoms. The third kappa shape index (κ3) is 5.24. The standard InChI is InChI=1S/C14H22F2N2O2S/c1-3-4-5-6-7-10(2)18-21(19,20)14-9-13(17)11(15)8-12(14)16/h8-10,18H,3-7,17H2,1-2H3. The van der Waals surface area contributed by atoms with E-state index in [2.05, 4.69) is 11.6 Å². The quantitative estimate of drug-likeness (QED) is 0.571. The van der Waals surface area contributed by atoms with Crippen LogP contribution >= 0.6 is 0 Å². The predicted molar refractivity (Wildman–Crippen MR) is 79.3 cm³/mol. The third-order valence-electron chi connectivity index (χ3n) is 3.19. The van der Waals surface area contributed by atoms with E-state index in [9.17, 15) is 17.2 Å². The molecule has 0 aliphatic rings. The van der Waals surface area contributed by atoms with Gasteiger partial charge in [-0.05, 0) is 19.4 Å². The summed E-state index contributed by atoms with van der Waals surface area (Å²) >= 11 is 0. The molecular formula is C14H22F2N2O2S. The van der Waals surface area contributed by atoms with Gasteiger partial charge in [-0.25, -0.2) is 21.9 Å². The van der Waals surface area contributed by atoms with Crippen LogP contribution in [0.25, 0.3) is 0 Å². The number of benzene rings is 1. The maximum atomic E-state index is 13.6. The van der Waals surface area contributed by atoms with Crippen LogP contribution in [-0.4, -0.2) is 14.5 Å². The van der Waals surface area contributed by atoms with Crippen LogP contribution in [-0.2, 0) is 10.0 Å². The van der Waals surface area contributed by atoms with E-state index in [1.165, 1.54) is 0 Å². The fourth-order valence-corrected chi connectivity index (χ4v) is 3.39. The van der Waals surface area contributed by atoms with Gasteiger partial charge in [0.15, 0.2) is 0 Å². The van der Waals surface area contributed by atoms with Gasteiger partial charge in [-0.15, -0.1) is 0 Å². The van der Waals surface area contributed by atoms with E-state index in [1.807, 2.05) is 0 Å². The van der Waals surface area contributed by atoms with E-state index < -0.39 is 32.2 Å². The molecule has 0 heterocycles. The van der Waals surface area contributed by atoms with Crippen molar-refractivity contribution >= 4 is 15.7 Å². The molecule has 0 aromatic heterocycles. The van der Waals surface area contributed by atoms with Crippen LogP contribution < -0.4 is 10.5 Å². The molecule has 4 nitrogen and oxygen atoms in total. The summed E-state index contributed by atoms with van der Waals surface area (Å²) in [6.07, 6.45) is 4.78. The second-order valence-corrected chi connectivity index (χ2v) is 6.86. The number of nitrogens with two attached hydrogens (primary N) is 1. The fourth-order valence-electron chi connectivity index (χ4n) is 2.02. The number of hydrogen-bond donors (Lipinski definition) is 2. The molecule has 0 bridgehead atoms. The van der Waals surface area contributed by atoms with Gasteiger partial charge >= 0.3 is 0 Å². The van der Waals surface area contributed by atoms with Crippen molar-refractivity contribution in [2.75, 3.05) is 5.73 Å². The number of unbranched alkanes of at least 4 members (excludes halogenated alkanes) is 3. The first-order valence-corrected chi connectivity index (χ1v) is 8.53. The van der Waals surface area contributed by atoms with Crippen molar-refractivity contribution in [3.8, 4) is 0 Å².